The molecule has 0 unspecified atom stereocenters. The zero-order chi connectivity index (χ0) is 19.8. The number of pyridine rings is 1. The number of hydrogen-bond donors (Lipinski definition) is 2. The molecule has 28 heavy (non-hydrogen) atoms. The third-order valence-corrected chi connectivity index (χ3v) is 4.79. The Morgan fingerprint density at radius 2 is 1.93 bits per heavy atom. The number of nitrogens with zero attached hydrogens (tertiary/aromatic N) is 5. The molecule has 1 saturated heterocycles. The fourth-order valence-electron chi connectivity index (χ4n) is 3.35. The van der Waals surface area contributed by atoms with Crippen molar-refractivity contribution < 1.29 is 5.11 Å². The molecule has 150 valence electrons. The molecule has 0 aliphatic carbocycles. The first kappa shape index (κ1) is 20.1. The van der Waals surface area contributed by atoms with Gasteiger partial charge in [-0.05, 0) is 44.2 Å². The second kappa shape index (κ2) is 10.0. The molecule has 4 heterocycles. The summed E-state index contributed by atoms with van der Waals surface area (Å²) < 4.78 is 1.92. The van der Waals surface area contributed by atoms with E-state index in [1.165, 1.54) is 24.8 Å². The van der Waals surface area contributed by atoms with Crippen molar-refractivity contribution in [2.75, 3.05) is 29.9 Å². The highest BCUT2D eigenvalue weighted by molar-refractivity contribution is 5.61. The lowest BCUT2D eigenvalue weighted by atomic mass is 10.1. The van der Waals surface area contributed by atoms with Crippen molar-refractivity contribution >= 4 is 17.3 Å². The molecule has 1 aliphatic rings. The molecular weight excluding hydrogens is 352 g/mol. The summed E-state index contributed by atoms with van der Waals surface area (Å²) in [5.41, 5.74) is 3.29. The second-order valence-corrected chi connectivity index (χ2v) is 6.84. The standard InChI is InChI=1S/C19H24N6.C2H6O/c1-2-16-14-22-25-17(21-13-15-7-6-8-20-12-15)11-18(23-19(16)25)24-9-4-3-5-10-24;1-2-3/h6-8,11-12,14,21H,2-5,9-10,13H2,1H3;3H,2H2,1H3. The minimum absolute atomic E-state index is 0.250. The SMILES string of the molecule is CCO.CCc1cnn2c(NCc3cccnc3)cc(N3CCCCC3)nc12. The van der Waals surface area contributed by atoms with Crippen molar-refractivity contribution in [1.29, 1.82) is 0 Å². The van der Waals surface area contributed by atoms with E-state index in [-0.39, 0.29) is 6.61 Å². The lowest BCUT2D eigenvalue weighted by Crippen LogP contribution is -2.30. The molecule has 3 aromatic rings. The monoisotopic (exact) mass is 382 g/mol. The second-order valence-electron chi connectivity index (χ2n) is 6.84. The molecule has 0 spiro atoms. The Morgan fingerprint density at radius 3 is 2.61 bits per heavy atom. The third-order valence-electron chi connectivity index (χ3n) is 4.79. The smallest absolute Gasteiger partial charge is 0.162 e. The molecule has 0 radical (unpaired) electrons. The highest BCUT2D eigenvalue weighted by Gasteiger charge is 2.16. The molecule has 0 aromatic carbocycles. The van der Waals surface area contributed by atoms with Gasteiger partial charge in [0.15, 0.2) is 5.65 Å². The van der Waals surface area contributed by atoms with Crippen molar-refractivity contribution in [2.45, 2.75) is 46.1 Å². The summed E-state index contributed by atoms with van der Waals surface area (Å²) >= 11 is 0. The maximum Gasteiger partial charge on any atom is 0.162 e. The van der Waals surface area contributed by atoms with Crippen molar-refractivity contribution in [1.82, 2.24) is 19.6 Å². The zero-order valence-electron chi connectivity index (χ0n) is 16.8. The van der Waals surface area contributed by atoms with Gasteiger partial charge in [0.25, 0.3) is 0 Å². The molecule has 2 N–H and O–H groups in total. The Labute approximate surface area is 166 Å². The highest BCUT2D eigenvalue weighted by Crippen LogP contribution is 2.24. The van der Waals surface area contributed by atoms with E-state index in [0.29, 0.717) is 6.54 Å². The highest BCUT2D eigenvalue weighted by atomic mass is 16.2. The molecular formula is C21H30N6O. The predicted molar refractivity (Wildman–Crippen MR) is 113 cm³/mol. The molecule has 7 heteroatoms. The average Bonchev–Trinajstić information content (AvgIpc) is 3.17. The van der Waals surface area contributed by atoms with E-state index in [4.69, 9.17) is 10.1 Å². The molecule has 4 rings (SSSR count). The molecule has 3 aromatic heterocycles. The summed E-state index contributed by atoms with van der Waals surface area (Å²) in [6.07, 6.45) is 10.3. The van der Waals surface area contributed by atoms with Crippen LogP contribution in [0.5, 0.6) is 0 Å². The Bertz CT molecular complexity index is 858. The topological polar surface area (TPSA) is 78.6 Å². The van der Waals surface area contributed by atoms with Crippen LogP contribution in [-0.4, -0.2) is 44.4 Å². The summed E-state index contributed by atoms with van der Waals surface area (Å²) in [6, 6.07) is 6.16. The first-order chi connectivity index (χ1) is 13.8. The fourth-order valence-corrected chi connectivity index (χ4v) is 3.35. The van der Waals surface area contributed by atoms with Gasteiger partial charge in [-0.3, -0.25) is 4.98 Å². The van der Waals surface area contributed by atoms with E-state index in [9.17, 15) is 0 Å². The molecule has 1 aliphatic heterocycles. The Balaban J connectivity index is 0.000000706. The average molecular weight is 383 g/mol. The van der Waals surface area contributed by atoms with E-state index < -0.39 is 0 Å². The van der Waals surface area contributed by atoms with Crippen molar-refractivity contribution in [3.05, 3.63) is 47.9 Å². The van der Waals surface area contributed by atoms with Gasteiger partial charge in [-0.1, -0.05) is 13.0 Å². The van der Waals surface area contributed by atoms with Gasteiger partial charge < -0.3 is 15.3 Å². The van der Waals surface area contributed by atoms with Gasteiger partial charge in [0.1, 0.15) is 11.6 Å². The van der Waals surface area contributed by atoms with Gasteiger partial charge in [0.05, 0.1) is 6.20 Å². The molecule has 0 bridgehead atoms. The van der Waals surface area contributed by atoms with Crippen LogP contribution in [0.25, 0.3) is 5.65 Å². The van der Waals surface area contributed by atoms with E-state index >= 15 is 0 Å². The number of aliphatic hydroxyl groups is 1. The van der Waals surface area contributed by atoms with Crippen LogP contribution in [0.1, 0.15) is 44.2 Å². The number of hydrogen-bond acceptors (Lipinski definition) is 6. The first-order valence-electron chi connectivity index (χ1n) is 10.1. The van der Waals surface area contributed by atoms with Gasteiger partial charge in [-0.2, -0.15) is 9.61 Å². The van der Waals surface area contributed by atoms with E-state index in [2.05, 4.69) is 39.4 Å². The summed E-state index contributed by atoms with van der Waals surface area (Å²) in [7, 11) is 0. The maximum atomic E-state index is 7.57. The Kier molecular flexibility index (Phi) is 7.19. The molecule has 0 atom stereocenters. The molecule has 0 saturated carbocycles. The fraction of sp³-hybridized carbons (Fsp3) is 0.476. The lowest BCUT2D eigenvalue weighted by molar-refractivity contribution is 0.318. The van der Waals surface area contributed by atoms with Gasteiger partial charge in [0.2, 0.25) is 0 Å². The van der Waals surface area contributed by atoms with Crippen molar-refractivity contribution in [3.63, 3.8) is 0 Å². The number of aryl methyl sites for hydroxylation is 1. The van der Waals surface area contributed by atoms with E-state index in [0.717, 1.165) is 42.4 Å². The van der Waals surface area contributed by atoms with Crippen LogP contribution in [0.3, 0.4) is 0 Å². The van der Waals surface area contributed by atoms with Crippen LogP contribution in [0.2, 0.25) is 0 Å². The molecule has 0 amide bonds. The van der Waals surface area contributed by atoms with E-state index in [1.54, 1.807) is 13.1 Å². The first-order valence-corrected chi connectivity index (χ1v) is 10.1. The van der Waals surface area contributed by atoms with Crippen molar-refractivity contribution in [2.24, 2.45) is 0 Å². The molecule has 1 fully saturated rings. The van der Waals surface area contributed by atoms with E-state index in [1.807, 2.05) is 23.0 Å². The molecule has 7 nitrogen and oxygen atoms in total. The van der Waals surface area contributed by atoms with Crippen LogP contribution in [0.15, 0.2) is 36.8 Å². The number of aromatic nitrogens is 4. The number of fused-ring (bicyclic) bond motifs is 1. The van der Waals surface area contributed by atoms with Crippen LogP contribution in [0, 0.1) is 0 Å². The third kappa shape index (κ3) is 4.78. The van der Waals surface area contributed by atoms with Gasteiger partial charge in [0, 0.05) is 50.3 Å². The summed E-state index contributed by atoms with van der Waals surface area (Å²) in [5, 5.41) is 15.6. The number of aliphatic hydroxyl groups excluding tert-OH is 1. The van der Waals surface area contributed by atoms with Gasteiger partial charge in [-0.25, -0.2) is 4.98 Å². The van der Waals surface area contributed by atoms with Crippen LogP contribution in [0.4, 0.5) is 11.6 Å². The Morgan fingerprint density at radius 1 is 1.14 bits per heavy atom. The maximum absolute atomic E-state index is 7.57. The number of piperidine rings is 1. The minimum atomic E-state index is 0.250. The minimum Gasteiger partial charge on any atom is -0.397 e. The summed E-state index contributed by atoms with van der Waals surface area (Å²) in [5.74, 6) is 2.03. The number of rotatable bonds is 5. The quantitative estimate of drug-likeness (QED) is 0.705. The normalized spacial score (nSPS) is 13.9. The Hall–Kier alpha value is -2.67. The zero-order valence-corrected chi connectivity index (χ0v) is 16.8. The van der Waals surface area contributed by atoms with Gasteiger partial charge >= 0.3 is 0 Å². The number of nitrogens with one attached hydrogen (secondary N) is 1. The van der Waals surface area contributed by atoms with Crippen LogP contribution < -0.4 is 10.2 Å². The predicted octanol–water partition coefficient (Wildman–Crippen LogP) is 3.29. The van der Waals surface area contributed by atoms with Crippen LogP contribution in [-0.2, 0) is 13.0 Å². The van der Waals surface area contributed by atoms with Crippen molar-refractivity contribution in [3.8, 4) is 0 Å². The lowest BCUT2D eigenvalue weighted by Gasteiger charge is -2.28. The largest absolute Gasteiger partial charge is 0.397 e. The van der Waals surface area contributed by atoms with Crippen LogP contribution >= 0.6 is 0 Å². The summed E-state index contributed by atoms with van der Waals surface area (Å²) in [4.78, 5) is 11.5. The summed E-state index contributed by atoms with van der Waals surface area (Å²) in [6.45, 7) is 6.96. The van der Waals surface area contributed by atoms with Gasteiger partial charge in [-0.15, -0.1) is 0 Å². The number of anilines is 2.